The van der Waals surface area contributed by atoms with Gasteiger partial charge in [0.05, 0.1) is 17.5 Å². The number of hydrogen-bond acceptors (Lipinski definition) is 4. The normalized spacial score (nSPS) is 13.1. The molecule has 1 unspecified atom stereocenters. The Morgan fingerprint density at radius 2 is 1.89 bits per heavy atom. The molecular formula is C11H14Br2N2O3S. The Balaban J connectivity index is 2.69. The van der Waals surface area contributed by atoms with Crippen LogP contribution in [-0.2, 0) is 14.6 Å². The summed E-state index contributed by atoms with van der Waals surface area (Å²) in [6, 6.07) is 4.51. The van der Waals surface area contributed by atoms with Crippen LogP contribution in [0.25, 0.3) is 0 Å². The van der Waals surface area contributed by atoms with Crippen LogP contribution in [0.2, 0.25) is 0 Å². The molecule has 1 aromatic rings. The molecule has 0 saturated carbocycles. The molecular weight excluding hydrogens is 400 g/mol. The number of benzene rings is 1. The van der Waals surface area contributed by atoms with Crippen LogP contribution in [0.5, 0.6) is 0 Å². The van der Waals surface area contributed by atoms with Crippen LogP contribution in [0.4, 0.5) is 5.69 Å². The fourth-order valence-electron chi connectivity index (χ4n) is 1.31. The molecule has 106 valence electrons. The maximum atomic E-state index is 11.9. The fraction of sp³-hybridized carbons (Fsp3) is 0.364. The average Bonchev–Trinajstić information content (AvgIpc) is 2.29. The molecule has 8 heteroatoms. The standard InChI is InChI=1S/C11H14Br2N2O3S/c1-19(17,18)6-5-9(14)11(16)15-10-7(12)3-2-4-8(10)13/h2-4,9H,5-6,14H2,1H3,(H,15,16). The maximum Gasteiger partial charge on any atom is 0.241 e. The van der Waals surface area contributed by atoms with E-state index in [1.54, 1.807) is 12.1 Å². The second kappa shape index (κ2) is 6.83. The van der Waals surface area contributed by atoms with E-state index in [0.717, 1.165) is 6.26 Å². The number of carbonyl (C=O) groups is 1. The number of carbonyl (C=O) groups excluding carboxylic acids is 1. The molecule has 3 N–H and O–H groups in total. The Kier molecular flexibility index (Phi) is 5.97. The molecule has 19 heavy (non-hydrogen) atoms. The molecule has 0 aliphatic rings. The highest BCUT2D eigenvalue weighted by atomic mass is 79.9. The van der Waals surface area contributed by atoms with Gasteiger partial charge in [0.15, 0.2) is 0 Å². The second-order valence-corrected chi connectivity index (χ2v) is 8.08. The first-order valence-electron chi connectivity index (χ1n) is 5.39. The van der Waals surface area contributed by atoms with E-state index in [-0.39, 0.29) is 12.2 Å². The summed E-state index contributed by atoms with van der Waals surface area (Å²) in [5.41, 5.74) is 6.24. The van der Waals surface area contributed by atoms with Gasteiger partial charge in [0.1, 0.15) is 9.84 Å². The number of sulfone groups is 1. The Morgan fingerprint density at radius 1 is 1.37 bits per heavy atom. The van der Waals surface area contributed by atoms with Crippen molar-refractivity contribution in [2.24, 2.45) is 5.73 Å². The summed E-state index contributed by atoms with van der Waals surface area (Å²) in [6.45, 7) is 0. The van der Waals surface area contributed by atoms with E-state index in [1.807, 2.05) is 6.07 Å². The van der Waals surface area contributed by atoms with Crippen LogP contribution in [0.1, 0.15) is 6.42 Å². The van der Waals surface area contributed by atoms with Crippen molar-refractivity contribution in [3.05, 3.63) is 27.1 Å². The smallest absolute Gasteiger partial charge is 0.241 e. The summed E-state index contributed by atoms with van der Waals surface area (Å²) in [7, 11) is -3.12. The summed E-state index contributed by atoms with van der Waals surface area (Å²) < 4.78 is 23.5. The SMILES string of the molecule is CS(=O)(=O)CCC(N)C(=O)Nc1c(Br)cccc1Br. The molecule has 0 bridgehead atoms. The van der Waals surface area contributed by atoms with Crippen LogP contribution in [0.15, 0.2) is 27.1 Å². The zero-order valence-corrected chi connectivity index (χ0v) is 14.2. The van der Waals surface area contributed by atoms with E-state index in [2.05, 4.69) is 37.2 Å². The van der Waals surface area contributed by atoms with E-state index in [4.69, 9.17) is 5.73 Å². The van der Waals surface area contributed by atoms with Crippen molar-refractivity contribution in [1.29, 1.82) is 0 Å². The first kappa shape index (κ1) is 16.6. The molecule has 0 aromatic heterocycles. The lowest BCUT2D eigenvalue weighted by Crippen LogP contribution is -2.37. The maximum absolute atomic E-state index is 11.9. The Bertz CT molecular complexity index is 555. The summed E-state index contributed by atoms with van der Waals surface area (Å²) >= 11 is 6.63. The lowest BCUT2D eigenvalue weighted by molar-refractivity contribution is -0.117. The van der Waals surface area contributed by atoms with Crippen molar-refractivity contribution in [3.8, 4) is 0 Å². The monoisotopic (exact) mass is 412 g/mol. The summed E-state index contributed by atoms with van der Waals surface area (Å²) in [6.07, 6.45) is 1.20. The minimum absolute atomic E-state index is 0.0900. The molecule has 0 spiro atoms. The van der Waals surface area contributed by atoms with Crippen LogP contribution in [-0.4, -0.2) is 32.4 Å². The van der Waals surface area contributed by atoms with Crippen LogP contribution >= 0.6 is 31.9 Å². The number of rotatable bonds is 5. The molecule has 0 saturated heterocycles. The molecule has 1 aromatic carbocycles. The fourth-order valence-corrected chi connectivity index (χ4v) is 3.18. The average molecular weight is 414 g/mol. The van der Waals surface area contributed by atoms with Gasteiger partial charge >= 0.3 is 0 Å². The van der Waals surface area contributed by atoms with Gasteiger partial charge in [-0.05, 0) is 50.4 Å². The number of halogens is 2. The first-order chi connectivity index (χ1) is 8.70. The summed E-state index contributed by atoms with van der Waals surface area (Å²) in [5, 5.41) is 2.66. The molecule has 5 nitrogen and oxygen atoms in total. The second-order valence-electron chi connectivity index (χ2n) is 4.11. The van der Waals surface area contributed by atoms with Gasteiger partial charge in [-0.3, -0.25) is 4.79 Å². The topological polar surface area (TPSA) is 89.3 Å². The van der Waals surface area contributed by atoms with Crippen molar-refractivity contribution < 1.29 is 13.2 Å². The van der Waals surface area contributed by atoms with Gasteiger partial charge < -0.3 is 11.1 Å². The van der Waals surface area contributed by atoms with Crippen molar-refractivity contribution in [3.63, 3.8) is 0 Å². The third-order valence-corrected chi connectivity index (χ3v) is 4.65. The highest BCUT2D eigenvalue weighted by Gasteiger charge is 2.17. The number of anilines is 1. The molecule has 0 heterocycles. The van der Waals surface area contributed by atoms with Crippen molar-refractivity contribution in [2.45, 2.75) is 12.5 Å². The lowest BCUT2D eigenvalue weighted by atomic mass is 10.2. The van der Waals surface area contributed by atoms with E-state index in [9.17, 15) is 13.2 Å². The molecule has 1 atom stereocenters. The zero-order valence-electron chi connectivity index (χ0n) is 10.2. The zero-order chi connectivity index (χ0) is 14.6. The highest BCUT2D eigenvalue weighted by molar-refractivity contribution is 9.11. The molecule has 0 radical (unpaired) electrons. The van der Waals surface area contributed by atoms with Gasteiger partial charge in [0.2, 0.25) is 5.91 Å². The summed E-state index contributed by atoms with van der Waals surface area (Å²) in [5.74, 6) is -0.533. The molecule has 0 aliphatic carbocycles. The van der Waals surface area contributed by atoms with Crippen molar-refractivity contribution >= 4 is 53.3 Å². The Morgan fingerprint density at radius 3 is 2.37 bits per heavy atom. The first-order valence-corrected chi connectivity index (χ1v) is 9.03. The van der Waals surface area contributed by atoms with Gasteiger partial charge in [0.25, 0.3) is 0 Å². The number of nitrogens with two attached hydrogens (primary N) is 1. The van der Waals surface area contributed by atoms with Gasteiger partial charge in [-0.2, -0.15) is 0 Å². The molecule has 0 aliphatic heterocycles. The number of para-hydroxylation sites is 1. The number of amides is 1. The van der Waals surface area contributed by atoms with E-state index in [0.29, 0.717) is 14.6 Å². The van der Waals surface area contributed by atoms with Crippen molar-refractivity contribution in [1.82, 2.24) is 0 Å². The van der Waals surface area contributed by atoms with Gasteiger partial charge in [0, 0.05) is 15.2 Å². The predicted octanol–water partition coefficient (Wildman–Crippen LogP) is 1.91. The van der Waals surface area contributed by atoms with Crippen molar-refractivity contribution in [2.75, 3.05) is 17.3 Å². The van der Waals surface area contributed by atoms with Crippen LogP contribution < -0.4 is 11.1 Å². The molecule has 1 rings (SSSR count). The van der Waals surface area contributed by atoms with E-state index in [1.165, 1.54) is 0 Å². The molecule has 0 fully saturated rings. The summed E-state index contributed by atoms with van der Waals surface area (Å²) in [4.78, 5) is 11.9. The van der Waals surface area contributed by atoms with Gasteiger partial charge in [-0.25, -0.2) is 8.42 Å². The van der Waals surface area contributed by atoms with Crippen LogP contribution in [0, 0.1) is 0 Å². The van der Waals surface area contributed by atoms with E-state index >= 15 is 0 Å². The Labute approximate surface area is 129 Å². The van der Waals surface area contributed by atoms with E-state index < -0.39 is 21.8 Å². The Hall–Kier alpha value is -0.440. The third kappa shape index (κ3) is 5.60. The van der Waals surface area contributed by atoms with Gasteiger partial charge in [-0.15, -0.1) is 0 Å². The highest BCUT2D eigenvalue weighted by Crippen LogP contribution is 2.30. The molecule has 1 amide bonds. The van der Waals surface area contributed by atoms with Gasteiger partial charge in [-0.1, -0.05) is 6.07 Å². The number of hydrogen-bond donors (Lipinski definition) is 2. The minimum Gasteiger partial charge on any atom is -0.323 e. The predicted molar refractivity (Wildman–Crippen MR) is 82.8 cm³/mol. The third-order valence-electron chi connectivity index (χ3n) is 2.35. The number of nitrogens with one attached hydrogen (secondary N) is 1. The lowest BCUT2D eigenvalue weighted by Gasteiger charge is -2.14. The minimum atomic E-state index is -3.12. The van der Waals surface area contributed by atoms with Crippen LogP contribution in [0.3, 0.4) is 0 Å². The largest absolute Gasteiger partial charge is 0.323 e. The quantitative estimate of drug-likeness (QED) is 0.771.